The molecule has 1 aliphatic carbocycles. The van der Waals surface area contributed by atoms with Gasteiger partial charge in [0.25, 0.3) is 11.8 Å². The number of aromatic nitrogens is 4. The van der Waals surface area contributed by atoms with Gasteiger partial charge in [-0.15, -0.1) is 11.3 Å². The second kappa shape index (κ2) is 12.6. The third kappa shape index (κ3) is 6.29. The molecule has 0 spiro atoms. The number of rotatable bonds is 8. The van der Waals surface area contributed by atoms with Gasteiger partial charge < -0.3 is 31.3 Å². The Morgan fingerprint density at radius 3 is 2.64 bits per heavy atom. The molecule has 6 rings (SSSR count). The highest BCUT2D eigenvalue weighted by Gasteiger charge is 2.30. The number of benzene rings is 1. The lowest BCUT2D eigenvalue weighted by atomic mass is 9.92. The van der Waals surface area contributed by atoms with Crippen molar-refractivity contribution in [1.29, 1.82) is 0 Å². The first-order chi connectivity index (χ1) is 21.6. The fourth-order valence-electron chi connectivity index (χ4n) is 6.40. The Hall–Kier alpha value is -4.30. The van der Waals surface area contributed by atoms with Gasteiger partial charge in [-0.25, -0.2) is 18.9 Å². The summed E-state index contributed by atoms with van der Waals surface area (Å²) in [7, 11) is 4.22. The number of nitrogens with two attached hydrogens (primary N) is 2. The molecule has 3 aromatic heterocycles. The number of carbonyl (C=O) groups excluding carboxylic acids is 2. The summed E-state index contributed by atoms with van der Waals surface area (Å²) in [4.78, 5) is 38.8. The number of ether oxygens (including phenoxy) is 1. The zero-order valence-electron chi connectivity index (χ0n) is 25.6. The maximum absolute atomic E-state index is 14.7. The van der Waals surface area contributed by atoms with Crippen LogP contribution in [0.4, 0.5) is 15.9 Å². The predicted octanol–water partition coefficient (Wildman–Crippen LogP) is 3.63. The second-order valence-electron chi connectivity index (χ2n) is 12.0. The number of thiazole rings is 1. The lowest BCUT2D eigenvalue weighted by Gasteiger charge is -2.34. The third-order valence-electron chi connectivity index (χ3n) is 8.75. The molecule has 0 unspecified atom stereocenters. The van der Waals surface area contributed by atoms with E-state index < -0.39 is 11.7 Å². The first kappa shape index (κ1) is 30.7. The zero-order valence-corrected chi connectivity index (χ0v) is 26.4. The van der Waals surface area contributed by atoms with Crippen LogP contribution < -0.4 is 26.4 Å². The molecule has 45 heavy (non-hydrogen) atoms. The SMILES string of the molecule is Cc1nc(OC2CCC(N(C)C)CC2)c(C(=O)N[C@@H]2CCCN(c3cc(-c4ccc(C(N)=O)c(F)c4)n4ncnc(N)c34)C2)s1. The number of fused-ring (bicyclic) bond motifs is 1. The average molecular weight is 636 g/mol. The molecule has 5 N–H and O–H groups in total. The Morgan fingerprint density at radius 2 is 1.93 bits per heavy atom. The molecule has 0 bridgehead atoms. The van der Waals surface area contributed by atoms with E-state index in [9.17, 15) is 14.0 Å². The molecule has 1 aliphatic heterocycles. The van der Waals surface area contributed by atoms with Crippen molar-refractivity contribution in [1.82, 2.24) is 29.8 Å². The van der Waals surface area contributed by atoms with Gasteiger partial charge in [-0.05, 0) is 77.7 Å². The quantitative estimate of drug-likeness (QED) is 0.263. The smallest absolute Gasteiger partial charge is 0.267 e. The number of carbonyl (C=O) groups is 2. The Morgan fingerprint density at radius 1 is 1.16 bits per heavy atom. The summed E-state index contributed by atoms with van der Waals surface area (Å²) < 4.78 is 22.6. The minimum absolute atomic E-state index is 0.0462. The van der Waals surface area contributed by atoms with Crippen molar-refractivity contribution in [3.63, 3.8) is 0 Å². The Bertz CT molecular complexity index is 1730. The van der Waals surface area contributed by atoms with Crippen LogP contribution in [0.5, 0.6) is 5.88 Å². The maximum atomic E-state index is 14.7. The van der Waals surface area contributed by atoms with Gasteiger partial charge >= 0.3 is 0 Å². The normalized spacial score (nSPS) is 20.5. The Labute approximate surface area is 264 Å². The average Bonchev–Trinajstić information content (AvgIpc) is 3.58. The van der Waals surface area contributed by atoms with Crippen LogP contribution >= 0.6 is 11.3 Å². The summed E-state index contributed by atoms with van der Waals surface area (Å²) in [5.41, 5.74) is 13.9. The van der Waals surface area contributed by atoms with Crippen molar-refractivity contribution in [3.8, 4) is 17.1 Å². The van der Waals surface area contributed by atoms with Crippen LogP contribution in [0.2, 0.25) is 0 Å². The van der Waals surface area contributed by atoms with Gasteiger partial charge in [-0.3, -0.25) is 9.59 Å². The van der Waals surface area contributed by atoms with E-state index in [-0.39, 0.29) is 29.4 Å². The number of aryl methyl sites for hydroxylation is 1. The van der Waals surface area contributed by atoms with Crippen molar-refractivity contribution in [2.45, 2.75) is 63.6 Å². The molecule has 1 aromatic carbocycles. The van der Waals surface area contributed by atoms with E-state index >= 15 is 0 Å². The van der Waals surface area contributed by atoms with Crippen LogP contribution in [0.1, 0.15) is 63.6 Å². The molecule has 4 heterocycles. The first-order valence-electron chi connectivity index (χ1n) is 15.2. The van der Waals surface area contributed by atoms with Crippen molar-refractivity contribution < 1.29 is 18.7 Å². The maximum Gasteiger partial charge on any atom is 0.267 e. The molecule has 1 atom stereocenters. The van der Waals surface area contributed by atoms with E-state index in [0.29, 0.717) is 40.1 Å². The molecule has 0 radical (unpaired) electrons. The number of hydrogen-bond acceptors (Lipinski definition) is 10. The molecule has 1 saturated carbocycles. The summed E-state index contributed by atoms with van der Waals surface area (Å²) in [6, 6.07) is 6.53. The van der Waals surface area contributed by atoms with Crippen LogP contribution in [0, 0.1) is 12.7 Å². The highest BCUT2D eigenvalue weighted by atomic mass is 32.1. The van der Waals surface area contributed by atoms with Gasteiger partial charge in [0.2, 0.25) is 5.88 Å². The van der Waals surface area contributed by atoms with E-state index in [4.69, 9.17) is 16.2 Å². The fraction of sp³-hybridized carbons (Fsp3) is 0.452. The molecule has 238 valence electrons. The van der Waals surface area contributed by atoms with Crippen LogP contribution in [0.3, 0.4) is 0 Å². The summed E-state index contributed by atoms with van der Waals surface area (Å²) in [5, 5.41) is 8.39. The summed E-state index contributed by atoms with van der Waals surface area (Å²) >= 11 is 1.34. The zero-order chi connectivity index (χ0) is 31.8. The number of primary amides is 1. The van der Waals surface area contributed by atoms with Crippen molar-refractivity contribution in [2.24, 2.45) is 5.73 Å². The molecule has 1 saturated heterocycles. The molecule has 14 heteroatoms. The van der Waals surface area contributed by atoms with E-state index in [1.807, 2.05) is 13.0 Å². The predicted molar refractivity (Wildman–Crippen MR) is 171 cm³/mol. The molecular weight excluding hydrogens is 597 g/mol. The third-order valence-corrected chi connectivity index (χ3v) is 9.70. The van der Waals surface area contributed by atoms with Crippen molar-refractivity contribution >= 4 is 40.2 Å². The molecular formula is C31H38FN9O3S. The molecule has 2 fully saturated rings. The fourth-order valence-corrected chi connectivity index (χ4v) is 7.16. The summed E-state index contributed by atoms with van der Waals surface area (Å²) in [5.74, 6) is -1.07. The Balaban J connectivity index is 1.20. The Kier molecular flexibility index (Phi) is 8.60. The van der Waals surface area contributed by atoms with E-state index in [1.165, 1.54) is 29.8 Å². The minimum Gasteiger partial charge on any atom is -0.473 e. The number of anilines is 2. The molecule has 12 nitrogen and oxygen atoms in total. The minimum atomic E-state index is -0.841. The number of hydrogen-bond donors (Lipinski definition) is 3. The highest BCUT2D eigenvalue weighted by Crippen LogP contribution is 2.36. The summed E-state index contributed by atoms with van der Waals surface area (Å²) in [6.07, 6.45) is 6.99. The number of amides is 2. The largest absolute Gasteiger partial charge is 0.473 e. The van der Waals surface area contributed by atoms with Gasteiger partial charge in [-0.1, -0.05) is 6.07 Å². The molecule has 2 aliphatic rings. The van der Waals surface area contributed by atoms with Gasteiger partial charge in [0.05, 0.1) is 22.0 Å². The number of halogens is 1. The van der Waals surface area contributed by atoms with E-state index in [1.54, 1.807) is 10.6 Å². The van der Waals surface area contributed by atoms with E-state index in [2.05, 4.69) is 44.3 Å². The van der Waals surface area contributed by atoms with Crippen molar-refractivity contribution in [2.75, 3.05) is 37.8 Å². The van der Waals surface area contributed by atoms with Crippen molar-refractivity contribution in [3.05, 3.63) is 51.9 Å². The lowest BCUT2D eigenvalue weighted by Crippen LogP contribution is -2.47. The number of nitrogen functional groups attached to an aromatic ring is 1. The number of piperidine rings is 1. The van der Waals surface area contributed by atoms with Gasteiger partial charge in [0.15, 0.2) is 10.7 Å². The van der Waals surface area contributed by atoms with Crippen LogP contribution in [0.15, 0.2) is 30.6 Å². The second-order valence-corrected chi connectivity index (χ2v) is 13.2. The van der Waals surface area contributed by atoms with Crippen LogP contribution in [-0.2, 0) is 0 Å². The summed E-state index contributed by atoms with van der Waals surface area (Å²) in [6.45, 7) is 3.13. The van der Waals surface area contributed by atoms with Gasteiger partial charge in [-0.2, -0.15) is 5.10 Å². The van der Waals surface area contributed by atoms with Gasteiger partial charge in [0, 0.05) is 30.7 Å². The standard InChI is InChI=1S/C31H38FN9O3S/c1-17-37-31(44-21-9-7-20(8-10-21)39(2)3)27(45-17)30(43)38-19-5-4-12-40(15-19)25-14-24(41-26(25)28(33)35-16-36-41)18-6-11-22(29(34)42)23(32)13-18/h6,11,13-14,16,19-21H,4-5,7-10,12,15H2,1-3H3,(H2,34,42)(H,38,43)(H2,33,35,36)/t19-,20?,21?/m1/s1. The highest BCUT2D eigenvalue weighted by molar-refractivity contribution is 7.13. The monoisotopic (exact) mass is 635 g/mol. The van der Waals surface area contributed by atoms with Crippen LogP contribution in [-0.4, -0.2) is 81.7 Å². The lowest BCUT2D eigenvalue weighted by molar-refractivity contribution is 0.0906. The number of nitrogens with one attached hydrogen (secondary N) is 1. The molecule has 4 aromatic rings. The van der Waals surface area contributed by atoms with Gasteiger partial charge in [0.1, 0.15) is 23.8 Å². The topological polar surface area (TPSA) is 157 Å². The van der Waals surface area contributed by atoms with E-state index in [0.717, 1.165) is 55.8 Å². The number of nitrogens with zero attached hydrogens (tertiary/aromatic N) is 6. The van der Waals surface area contributed by atoms with Crippen LogP contribution in [0.25, 0.3) is 16.8 Å². The first-order valence-corrected chi connectivity index (χ1v) is 16.0. The molecule has 2 amide bonds.